The zero-order chi connectivity index (χ0) is 43.5. The number of fused-ring (bicyclic) bond motifs is 6. The lowest BCUT2D eigenvalue weighted by Crippen LogP contribution is -2.14. The van der Waals surface area contributed by atoms with E-state index < -0.39 is 0 Å². The summed E-state index contributed by atoms with van der Waals surface area (Å²) < 4.78 is 2.46. The number of anilines is 3. The van der Waals surface area contributed by atoms with Crippen LogP contribution >= 0.6 is 0 Å². The summed E-state index contributed by atoms with van der Waals surface area (Å²) in [6, 6.07) is 88.7. The normalized spacial score (nSPS) is 12.6. The van der Waals surface area contributed by atoms with Crippen LogP contribution < -0.4 is 4.90 Å². The van der Waals surface area contributed by atoms with Gasteiger partial charge in [0, 0.05) is 38.8 Å². The van der Waals surface area contributed by atoms with Crippen LogP contribution in [0.25, 0.3) is 83.1 Å². The molecule has 2 nitrogen and oxygen atoms in total. The molecule has 0 N–H and O–H groups in total. The number of rotatable bonds is 8. The minimum Gasteiger partial charge on any atom is -0.310 e. The number of nitrogens with zero attached hydrogens (tertiary/aromatic N) is 2. The fraction of sp³-hybridized carbons (Fsp3) is 0.0476. The van der Waals surface area contributed by atoms with Crippen LogP contribution in [0, 0.1) is 0 Å². The van der Waals surface area contributed by atoms with Crippen LogP contribution in [0.3, 0.4) is 0 Å². The Hall–Kier alpha value is -8.20. The van der Waals surface area contributed by atoms with Gasteiger partial charge >= 0.3 is 0 Å². The van der Waals surface area contributed by atoms with E-state index in [2.05, 4.69) is 266 Å². The molecule has 12 rings (SSSR count). The zero-order valence-electron chi connectivity index (χ0n) is 36.5. The summed E-state index contributed by atoms with van der Waals surface area (Å²) in [6.45, 7) is 4.69. The van der Waals surface area contributed by atoms with Gasteiger partial charge in [-0.15, -0.1) is 0 Å². The van der Waals surface area contributed by atoms with Crippen LogP contribution in [-0.2, 0) is 5.41 Å². The average Bonchev–Trinajstić information content (AvgIpc) is 3.82. The molecular formula is C63H46N2. The molecule has 65 heavy (non-hydrogen) atoms. The average molecular weight is 831 g/mol. The van der Waals surface area contributed by atoms with Crippen molar-refractivity contribution in [3.63, 3.8) is 0 Å². The van der Waals surface area contributed by atoms with Crippen molar-refractivity contribution in [2.75, 3.05) is 4.90 Å². The first-order valence-corrected chi connectivity index (χ1v) is 22.6. The van der Waals surface area contributed by atoms with Gasteiger partial charge in [-0.2, -0.15) is 0 Å². The molecule has 1 aromatic heterocycles. The highest BCUT2D eigenvalue weighted by molar-refractivity contribution is 6.10. The fourth-order valence-corrected chi connectivity index (χ4v) is 10.4. The maximum absolute atomic E-state index is 2.46. The third-order valence-corrected chi connectivity index (χ3v) is 13.6. The van der Waals surface area contributed by atoms with Gasteiger partial charge in [-0.25, -0.2) is 0 Å². The van der Waals surface area contributed by atoms with Crippen LogP contribution in [0.4, 0.5) is 17.1 Å². The second-order valence-electron chi connectivity index (χ2n) is 17.7. The Labute approximate surface area is 381 Å². The molecule has 1 aliphatic rings. The minimum atomic E-state index is -0.0407. The van der Waals surface area contributed by atoms with E-state index >= 15 is 0 Å². The van der Waals surface area contributed by atoms with Crippen molar-refractivity contribution < 1.29 is 0 Å². The van der Waals surface area contributed by atoms with Crippen molar-refractivity contribution >= 4 is 38.9 Å². The number of para-hydroxylation sites is 3. The van der Waals surface area contributed by atoms with Crippen molar-refractivity contribution in [1.29, 1.82) is 0 Å². The van der Waals surface area contributed by atoms with Crippen molar-refractivity contribution in [2.45, 2.75) is 19.3 Å². The first-order chi connectivity index (χ1) is 32.0. The Balaban J connectivity index is 0.939. The van der Waals surface area contributed by atoms with Crippen molar-refractivity contribution in [3.8, 4) is 61.3 Å². The van der Waals surface area contributed by atoms with Crippen LogP contribution in [0.15, 0.2) is 243 Å². The van der Waals surface area contributed by atoms with Crippen LogP contribution in [-0.4, -0.2) is 4.57 Å². The Morgan fingerprint density at radius 1 is 0.323 bits per heavy atom. The van der Waals surface area contributed by atoms with Gasteiger partial charge < -0.3 is 9.47 Å². The molecule has 308 valence electrons. The van der Waals surface area contributed by atoms with Crippen molar-refractivity contribution in [3.05, 3.63) is 254 Å². The summed E-state index contributed by atoms with van der Waals surface area (Å²) in [5, 5.41) is 2.51. The van der Waals surface area contributed by atoms with Crippen LogP contribution in [0.2, 0.25) is 0 Å². The molecule has 0 spiro atoms. The summed E-state index contributed by atoms with van der Waals surface area (Å²) >= 11 is 0. The molecule has 1 heterocycles. The van der Waals surface area contributed by atoms with Gasteiger partial charge in [-0.1, -0.05) is 190 Å². The monoisotopic (exact) mass is 830 g/mol. The summed E-state index contributed by atoms with van der Waals surface area (Å²) in [5.74, 6) is 0. The third-order valence-electron chi connectivity index (χ3n) is 13.6. The van der Waals surface area contributed by atoms with E-state index in [0.717, 1.165) is 28.2 Å². The maximum atomic E-state index is 2.46. The summed E-state index contributed by atoms with van der Waals surface area (Å²) in [7, 11) is 0. The van der Waals surface area contributed by atoms with Gasteiger partial charge in [0.1, 0.15) is 0 Å². The quantitative estimate of drug-likeness (QED) is 0.148. The summed E-state index contributed by atoms with van der Waals surface area (Å²) in [4.78, 5) is 2.38. The summed E-state index contributed by atoms with van der Waals surface area (Å²) in [5.41, 5.74) is 21.8. The van der Waals surface area contributed by atoms with E-state index in [1.807, 2.05) is 0 Å². The number of hydrogen-bond donors (Lipinski definition) is 0. The minimum absolute atomic E-state index is 0.0407. The highest BCUT2D eigenvalue weighted by atomic mass is 15.1. The molecule has 11 aromatic rings. The maximum Gasteiger partial charge on any atom is 0.0547 e. The lowest BCUT2D eigenvalue weighted by molar-refractivity contribution is 0.660. The second kappa shape index (κ2) is 15.6. The first-order valence-electron chi connectivity index (χ1n) is 22.6. The molecular weight excluding hydrogens is 785 g/mol. The molecule has 0 fully saturated rings. The topological polar surface area (TPSA) is 8.17 Å². The van der Waals surface area contributed by atoms with Gasteiger partial charge in [0.15, 0.2) is 0 Å². The largest absolute Gasteiger partial charge is 0.310 e. The number of aromatic nitrogens is 1. The highest BCUT2D eigenvalue weighted by Crippen LogP contribution is 2.50. The Bertz CT molecular complexity index is 3560. The molecule has 0 unspecified atom stereocenters. The molecule has 10 aromatic carbocycles. The fourth-order valence-electron chi connectivity index (χ4n) is 10.4. The molecule has 2 heteroatoms. The van der Waals surface area contributed by atoms with E-state index in [-0.39, 0.29) is 5.41 Å². The van der Waals surface area contributed by atoms with Crippen molar-refractivity contribution in [2.24, 2.45) is 0 Å². The Morgan fingerprint density at radius 2 is 0.846 bits per heavy atom. The van der Waals surface area contributed by atoms with E-state index in [0.29, 0.717) is 0 Å². The van der Waals surface area contributed by atoms with Gasteiger partial charge in [0.2, 0.25) is 0 Å². The van der Waals surface area contributed by atoms with Gasteiger partial charge in [-0.05, 0) is 128 Å². The molecule has 0 atom stereocenters. The molecule has 0 aliphatic heterocycles. The van der Waals surface area contributed by atoms with E-state index in [4.69, 9.17) is 0 Å². The first kappa shape index (κ1) is 38.5. The van der Waals surface area contributed by atoms with Gasteiger partial charge in [-0.3, -0.25) is 0 Å². The molecule has 0 bridgehead atoms. The molecule has 0 saturated heterocycles. The van der Waals surface area contributed by atoms with Crippen LogP contribution in [0.5, 0.6) is 0 Å². The second-order valence-corrected chi connectivity index (χ2v) is 17.7. The van der Waals surface area contributed by atoms with Gasteiger partial charge in [0.05, 0.1) is 16.7 Å². The predicted molar refractivity (Wildman–Crippen MR) is 275 cm³/mol. The van der Waals surface area contributed by atoms with E-state index in [1.165, 1.54) is 83.1 Å². The molecule has 0 amide bonds. The number of hydrogen-bond acceptors (Lipinski definition) is 1. The zero-order valence-corrected chi connectivity index (χ0v) is 36.5. The van der Waals surface area contributed by atoms with E-state index in [9.17, 15) is 0 Å². The van der Waals surface area contributed by atoms with Crippen molar-refractivity contribution in [1.82, 2.24) is 4.57 Å². The Kier molecular flexibility index (Phi) is 9.21. The molecule has 0 radical (unpaired) electrons. The standard InChI is InChI=1S/C63H46N2/c1-63(2)58-28-12-9-26-54(58)57-42-52(36-38-59(57)63)65-61-30-14-11-27-55(61)56-37-33-48(41-62(56)65)47-21-16-22-49(40-47)53-25-10-13-29-60(53)64(50-23-7-4-8-24-50)51-34-31-44(32-35-51)46-20-15-19-45(39-46)43-17-5-3-6-18-43/h3-42H,1-2H3. The highest BCUT2D eigenvalue weighted by Gasteiger charge is 2.35. The third kappa shape index (κ3) is 6.57. The lowest BCUT2D eigenvalue weighted by Gasteiger charge is -2.28. The van der Waals surface area contributed by atoms with Crippen LogP contribution in [0.1, 0.15) is 25.0 Å². The molecule has 1 aliphatic carbocycles. The van der Waals surface area contributed by atoms with Gasteiger partial charge in [0.25, 0.3) is 0 Å². The van der Waals surface area contributed by atoms with E-state index in [1.54, 1.807) is 0 Å². The summed E-state index contributed by atoms with van der Waals surface area (Å²) in [6.07, 6.45) is 0. The number of benzene rings is 10. The Morgan fingerprint density at radius 3 is 1.63 bits per heavy atom. The predicted octanol–water partition coefficient (Wildman–Crippen LogP) is 17.2. The molecule has 0 saturated carbocycles. The lowest BCUT2D eigenvalue weighted by atomic mass is 9.82. The SMILES string of the molecule is CC1(C)c2ccccc2-c2cc(-n3c4ccccc4c4ccc(-c5cccc(-c6ccccc6N(c6ccccc6)c6ccc(-c7cccc(-c8ccccc8)c7)cc6)c5)cc43)ccc21. The smallest absolute Gasteiger partial charge is 0.0547 e.